The van der Waals surface area contributed by atoms with Crippen molar-refractivity contribution >= 4 is 28.6 Å². The van der Waals surface area contributed by atoms with E-state index < -0.39 is 0 Å². The number of hydrogen-bond donors (Lipinski definition) is 0. The fourth-order valence-electron chi connectivity index (χ4n) is 3.60. The van der Waals surface area contributed by atoms with E-state index >= 15 is 0 Å². The number of nitrogens with zero attached hydrogens (tertiary/aromatic N) is 2. The van der Waals surface area contributed by atoms with Gasteiger partial charge in [-0.25, -0.2) is 0 Å². The first-order valence-corrected chi connectivity index (χ1v) is 10.3. The van der Waals surface area contributed by atoms with Gasteiger partial charge < -0.3 is 9.64 Å². The third kappa shape index (κ3) is 3.28. The second-order valence-corrected chi connectivity index (χ2v) is 8.23. The molecule has 6 heteroatoms. The largest absolute Gasteiger partial charge is 0.378 e. The molecule has 0 saturated carbocycles. The quantitative estimate of drug-likeness (QED) is 0.838. The molecule has 2 aliphatic rings. The summed E-state index contributed by atoms with van der Waals surface area (Å²) in [5.74, 6) is 0.263. The van der Waals surface area contributed by atoms with Gasteiger partial charge in [0, 0.05) is 42.4 Å². The van der Waals surface area contributed by atoms with E-state index in [1.165, 1.54) is 15.3 Å². The molecule has 128 valence electrons. The van der Waals surface area contributed by atoms with Crippen LogP contribution in [0.1, 0.15) is 27.8 Å². The Morgan fingerprint density at radius 1 is 1.17 bits per heavy atom. The van der Waals surface area contributed by atoms with Crippen molar-refractivity contribution in [3.05, 3.63) is 44.3 Å². The second kappa shape index (κ2) is 7.35. The molecule has 2 aromatic rings. The number of ether oxygens (including phenoxy) is 1. The number of morpholine rings is 1. The highest BCUT2D eigenvalue weighted by Crippen LogP contribution is 2.39. The molecule has 0 radical (unpaired) electrons. The van der Waals surface area contributed by atoms with Gasteiger partial charge in [-0.05, 0) is 34.9 Å². The standard InChI is InChI=1S/C18H22N2O2S2/c21-17(19-8-10-22-11-9-19)4-7-20-6-3-15-14(5-13-24-15)18(20)16-2-1-12-23-16/h1-2,5,12-13,18H,3-4,6-11H2. The van der Waals surface area contributed by atoms with Crippen molar-refractivity contribution in [2.24, 2.45) is 0 Å². The molecule has 0 aromatic carbocycles. The summed E-state index contributed by atoms with van der Waals surface area (Å²) in [6.07, 6.45) is 1.70. The fraction of sp³-hybridized carbons (Fsp3) is 0.500. The van der Waals surface area contributed by atoms with E-state index in [2.05, 4.69) is 33.9 Å². The molecule has 1 saturated heterocycles. The molecule has 4 heterocycles. The zero-order valence-electron chi connectivity index (χ0n) is 13.6. The summed E-state index contributed by atoms with van der Waals surface area (Å²) in [7, 11) is 0. The van der Waals surface area contributed by atoms with Crippen LogP contribution < -0.4 is 0 Å². The molecule has 0 spiro atoms. The zero-order chi connectivity index (χ0) is 16.4. The van der Waals surface area contributed by atoms with E-state index in [1.807, 2.05) is 27.6 Å². The molecule has 24 heavy (non-hydrogen) atoms. The molecule has 2 aromatic heterocycles. The summed E-state index contributed by atoms with van der Waals surface area (Å²) in [6, 6.07) is 6.93. The number of carbonyl (C=O) groups is 1. The maximum atomic E-state index is 12.5. The van der Waals surface area contributed by atoms with Gasteiger partial charge in [-0.2, -0.15) is 0 Å². The summed E-state index contributed by atoms with van der Waals surface area (Å²) in [4.78, 5) is 19.8. The summed E-state index contributed by atoms with van der Waals surface area (Å²) < 4.78 is 5.34. The van der Waals surface area contributed by atoms with Crippen molar-refractivity contribution in [1.29, 1.82) is 0 Å². The summed E-state index contributed by atoms with van der Waals surface area (Å²) in [5.41, 5.74) is 1.44. The number of carbonyl (C=O) groups excluding carboxylic acids is 1. The molecule has 2 aliphatic heterocycles. The van der Waals surface area contributed by atoms with Gasteiger partial charge in [0.1, 0.15) is 0 Å². The van der Waals surface area contributed by atoms with Gasteiger partial charge in [0.05, 0.1) is 19.3 Å². The average Bonchev–Trinajstić information content (AvgIpc) is 3.31. The van der Waals surface area contributed by atoms with Gasteiger partial charge in [-0.3, -0.25) is 9.69 Å². The number of rotatable bonds is 4. The van der Waals surface area contributed by atoms with Crippen molar-refractivity contribution in [1.82, 2.24) is 9.80 Å². The summed E-state index contributed by atoms with van der Waals surface area (Å²) >= 11 is 3.68. The molecule has 1 amide bonds. The van der Waals surface area contributed by atoms with Crippen LogP contribution >= 0.6 is 22.7 Å². The fourth-order valence-corrected chi connectivity index (χ4v) is 5.38. The van der Waals surface area contributed by atoms with Crippen LogP contribution in [0.2, 0.25) is 0 Å². The smallest absolute Gasteiger partial charge is 0.224 e. The lowest BCUT2D eigenvalue weighted by Gasteiger charge is -2.36. The van der Waals surface area contributed by atoms with Crippen LogP contribution in [0.5, 0.6) is 0 Å². The lowest BCUT2D eigenvalue weighted by Crippen LogP contribution is -2.43. The first-order chi connectivity index (χ1) is 11.8. The minimum atomic E-state index is 0.263. The minimum absolute atomic E-state index is 0.263. The SMILES string of the molecule is O=C(CCN1CCc2sccc2C1c1cccs1)N1CCOCC1. The van der Waals surface area contributed by atoms with E-state index in [9.17, 15) is 4.79 Å². The molecule has 0 N–H and O–H groups in total. The molecule has 1 unspecified atom stereocenters. The van der Waals surface area contributed by atoms with Crippen molar-refractivity contribution in [3.63, 3.8) is 0 Å². The van der Waals surface area contributed by atoms with Crippen molar-refractivity contribution in [2.45, 2.75) is 18.9 Å². The number of thiophene rings is 2. The van der Waals surface area contributed by atoms with E-state index in [1.54, 1.807) is 0 Å². The number of fused-ring (bicyclic) bond motifs is 1. The minimum Gasteiger partial charge on any atom is -0.378 e. The van der Waals surface area contributed by atoms with Gasteiger partial charge in [0.15, 0.2) is 0 Å². The van der Waals surface area contributed by atoms with Crippen LogP contribution in [0.15, 0.2) is 29.0 Å². The van der Waals surface area contributed by atoms with E-state index in [4.69, 9.17) is 4.74 Å². The van der Waals surface area contributed by atoms with Crippen molar-refractivity contribution in [3.8, 4) is 0 Å². The number of hydrogen-bond acceptors (Lipinski definition) is 5. The van der Waals surface area contributed by atoms with Crippen molar-refractivity contribution in [2.75, 3.05) is 39.4 Å². The Morgan fingerprint density at radius 3 is 2.83 bits per heavy atom. The molecular weight excluding hydrogens is 340 g/mol. The molecule has 1 fully saturated rings. The van der Waals surface area contributed by atoms with Gasteiger partial charge in [-0.15, -0.1) is 22.7 Å². The molecule has 1 atom stereocenters. The second-order valence-electron chi connectivity index (χ2n) is 6.25. The average molecular weight is 363 g/mol. The Hall–Kier alpha value is -1.21. The zero-order valence-corrected chi connectivity index (χ0v) is 15.3. The van der Waals surface area contributed by atoms with Crippen LogP contribution in [-0.4, -0.2) is 55.1 Å². The molecule has 0 aliphatic carbocycles. The lowest BCUT2D eigenvalue weighted by atomic mass is 9.98. The molecule has 4 rings (SSSR count). The molecule has 4 nitrogen and oxygen atoms in total. The Balaban J connectivity index is 1.46. The Bertz CT molecular complexity index is 677. The van der Waals surface area contributed by atoms with E-state index in [-0.39, 0.29) is 5.91 Å². The van der Waals surface area contributed by atoms with Crippen LogP contribution in [0.4, 0.5) is 0 Å². The van der Waals surface area contributed by atoms with Gasteiger partial charge >= 0.3 is 0 Å². The first kappa shape index (κ1) is 16.3. The highest BCUT2D eigenvalue weighted by Gasteiger charge is 2.30. The molecule has 0 bridgehead atoms. The monoisotopic (exact) mass is 362 g/mol. The Labute approximate surface area is 150 Å². The highest BCUT2D eigenvalue weighted by atomic mass is 32.1. The van der Waals surface area contributed by atoms with Crippen LogP contribution in [0, 0.1) is 0 Å². The van der Waals surface area contributed by atoms with E-state index in [0.717, 1.165) is 32.6 Å². The Morgan fingerprint density at radius 2 is 2.04 bits per heavy atom. The summed E-state index contributed by atoms with van der Waals surface area (Å²) in [5, 5.41) is 4.35. The van der Waals surface area contributed by atoms with Gasteiger partial charge in [0.2, 0.25) is 5.91 Å². The highest BCUT2D eigenvalue weighted by molar-refractivity contribution is 7.10. The normalized spacial score (nSPS) is 21.7. The predicted molar refractivity (Wildman–Crippen MR) is 97.8 cm³/mol. The third-order valence-electron chi connectivity index (χ3n) is 4.86. The number of amides is 1. The van der Waals surface area contributed by atoms with E-state index in [0.29, 0.717) is 25.7 Å². The Kier molecular flexibility index (Phi) is 4.98. The van der Waals surface area contributed by atoms with Crippen LogP contribution in [-0.2, 0) is 16.0 Å². The van der Waals surface area contributed by atoms with Crippen LogP contribution in [0.25, 0.3) is 0 Å². The molecular formula is C18H22N2O2S2. The third-order valence-corrected chi connectivity index (χ3v) is 6.78. The van der Waals surface area contributed by atoms with Crippen LogP contribution in [0.3, 0.4) is 0 Å². The maximum Gasteiger partial charge on any atom is 0.224 e. The van der Waals surface area contributed by atoms with Crippen molar-refractivity contribution < 1.29 is 9.53 Å². The van der Waals surface area contributed by atoms with Gasteiger partial charge in [0.25, 0.3) is 0 Å². The van der Waals surface area contributed by atoms with Gasteiger partial charge in [-0.1, -0.05) is 6.07 Å². The first-order valence-electron chi connectivity index (χ1n) is 8.52. The lowest BCUT2D eigenvalue weighted by molar-refractivity contribution is -0.135. The predicted octanol–water partition coefficient (Wildman–Crippen LogP) is 3.01. The summed E-state index contributed by atoms with van der Waals surface area (Å²) in [6.45, 7) is 4.68. The maximum absolute atomic E-state index is 12.5. The topological polar surface area (TPSA) is 32.8 Å².